The fourth-order valence-electron chi connectivity index (χ4n) is 2.12. The third kappa shape index (κ3) is 10.2. The molecule has 29 heavy (non-hydrogen) atoms. The third-order valence-corrected chi connectivity index (χ3v) is 4.07. The summed E-state index contributed by atoms with van der Waals surface area (Å²) in [5.41, 5.74) is -4.97. The summed E-state index contributed by atoms with van der Waals surface area (Å²) in [5, 5.41) is 4.87. The molecular formula is C18H25F3N2O5S. The standard InChI is InChI=1S/C18H25F3N2O5S/c1-17(2,3)28-16(25)23-14(6-7-29-18(19,20)21)15(24)22-11-8-12(26-4)10-13(9-11)27-5/h8-10,14H,6-7H2,1-5H3,(H,22,24)(H,23,25). The van der Waals surface area contributed by atoms with Crippen LogP contribution in [0.5, 0.6) is 11.5 Å². The van der Waals surface area contributed by atoms with Crippen LogP contribution >= 0.6 is 11.8 Å². The summed E-state index contributed by atoms with van der Waals surface area (Å²) >= 11 is -0.274. The number of hydrogen-bond donors (Lipinski definition) is 2. The van der Waals surface area contributed by atoms with Crippen LogP contribution in [0.3, 0.4) is 0 Å². The van der Waals surface area contributed by atoms with Crippen LogP contribution in [-0.2, 0) is 9.53 Å². The molecule has 0 aromatic heterocycles. The van der Waals surface area contributed by atoms with Crippen LogP contribution < -0.4 is 20.1 Å². The Balaban J connectivity index is 2.92. The summed E-state index contributed by atoms with van der Waals surface area (Å²) in [7, 11) is 2.86. The van der Waals surface area contributed by atoms with Gasteiger partial charge in [0, 0.05) is 29.6 Å². The van der Waals surface area contributed by atoms with Crippen molar-refractivity contribution in [2.75, 3.05) is 25.3 Å². The Bertz CT molecular complexity index is 685. The van der Waals surface area contributed by atoms with E-state index in [9.17, 15) is 22.8 Å². The van der Waals surface area contributed by atoms with E-state index in [1.807, 2.05) is 0 Å². The van der Waals surface area contributed by atoms with Gasteiger partial charge < -0.3 is 24.8 Å². The van der Waals surface area contributed by atoms with Crippen LogP contribution in [-0.4, -0.2) is 49.1 Å². The Morgan fingerprint density at radius 1 is 1.07 bits per heavy atom. The fourth-order valence-corrected chi connectivity index (χ4v) is 2.71. The van der Waals surface area contributed by atoms with E-state index >= 15 is 0 Å². The highest BCUT2D eigenvalue weighted by atomic mass is 32.2. The van der Waals surface area contributed by atoms with Crippen LogP contribution in [0.2, 0.25) is 0 Å². The van der Waals surface area contributed by atoms with Crippen LogP contribution in [0.1, 0.15) is 27.2 Å². The van der Waals surface area contributed by atoms with E-state index in [1.54, 1.807) is 26.8 Å². The zero-order valence-corrected chi connectivity index (χ0v) is 17.6. The zero-order chi connectivity index (χ0) is 22.2. The lowest BCUT2D eigenvalue weighted by molar-refractivity contribution is -0.118. The number of alkyl carbamates (subject to hydrolysis) is 1. The number of anilines is 1. The average molecular weight is 438 g/mol. The van der Waals surface area contributed by atoms with Gasteiger partial charge >= 0.3 is 11.6 Å². The largest absolute Gasteiger partial charge is 0.497 e. The first kappa shape index (κ1) is 24.7. The van der Waals surface area contributed by atoms with Crippen molar-refractivity contribution in [3.05, 3.63) is 18.2 Å². The van der Waals surface area contributed by atoms with E-state index in [1.165, 1.54) is 26.4 Å². The molecule has 164 valence electrons. The Morgan fingerprint density at radius 2 is 1.62 bits per heavy atom. The molecule has 0 bridgehead atoms. The van der Waals surface area contributed by atoms with Crippen molar-refractivity contribution in [3.8, 4) is 11.5 Å². The Labute approximate surface area is 171 Å². The van der Waals surface area contributed by atoms with E-state index in [-0.39, 0.29) is 18.2 Å². The third-order valence-electron chi connectivity index (χ3n) is 3.30. The summed E-state index contributed by atoms with van der Waals surface area (Å²) in [4.78, 5) is 24.6. The molecule has 1 rings (SSSR count). The first-order valence-electron chi connectivity index (χ1n) is 8.57. The average Bonchev–Trinajstić information content (AvgIpc) is 2.57. The molecule has 7 nitrogen and oxygen atoms in total. The normalized spacial score (nSPS) is 12.7. The number of carbonyl (C=O) groups is 2. The van der Waals surface area contributed by atoms with Crippen molar-refractivity contribution in [1.29, 1.82) is 0 Å². The van der Waals surface area contributed by atoms with Gasteiger partial charge in [0.15, 0.2) is 0 Å². The van der Waals surface area contributed by atoms with Gasteiger partial charge in [-0.05, 0) is 27.2 Å². The Morgan fingerprint density at radius 3 is 2.07 bits per heavy atom. The molecule has 0 aliphatic heterocycles. The predicted molar refractivity (Wildman–Crippen MR) is 104 cm³/mol. The number of amides is 2. The molecule has 0 fully saturated rings. The number of carbonyl (C=O) groups excluding carboxylic acids is 2. The van der Waals surface area contributed by atoms with E-state index in [2.05, 4.69) is 10.6 Å². The molecule has 1 aromatic rings. The fraction of sp³-hybridized carbons (Fsp3) is 0.556. The van der Waals surface area contributed by atoms with Gasteiger partial charge in [-0.3, -0.25) is 4.79 Å². The van der Waals surface area contributed by atoms with Crippen molar-refractivity contribution >= 4 is 29.4 Å². The summed E-state index contributed by atoms with van der Waals surface area (Å²) in [6.45, 7) is 4.89. The summed E-state index contributed by atoms with van der Waals surface area (Å²) in [5.74, 6) is -0.305. The van der Waals surface area contributed by atoms with Gasteiger partial charge in [-0.15, -0.1) is 0 Å². The molecule has 0 aliphatic rings. The second-order valence-electron chi connectivity index (χ2n) is 6.87. The second kappa shape index (κ2) is 10.5. The van der Waals surface area contributed by atoms with Crippen LogP contribution in [0.25, 0.3) is 0 Å². The number of hydrogen-bond acceptors (Lipinski definition) is 6. The minimum Gasteiger partial charge on any atom is -0.497 e. The topological polar surface area (TPSA) is 85.9 Å². The van der Waals surface area contributed by atoms with Crippen molar-refractivity contribution in [1.82, 2.24) is 5.32 Å². The molecule has 0 spiro atoms. The molecule has 1 aromatic carbocycles. The minimum atomic E-state index is -4.44. The highest BCUT2D eigenvalue weighted by Gasteiger charge is 2.30. The maximum absolute atomic E-state index is 12.6. The summed E-state index contributed by atoms with van der Waals surface area (Å²) < 4.78 is 52.6. The number of alkyl halides is 3. The van der Waals surface area contributed by atoms with Gasteiger partial charge in [0.2, 0.25) is 5.91 Å². The van der Waals surface area contributed by atoms with Gasteiger partial charge in [-0.25, -0.2) is 4.79 Å². The maximum Gasteiger partial charge on any atom is 0.441 e. The molecule has 0 heterocycles. The lowest BCUT2D eigenvalue weighted by Gasteiger charge is -2.23. The number of ether oxygens (including phenoxy) is 3. The molecule has 1 atom stereocenters. The van der Waals surface area contributed by atoms with Gasteiger partial charge in [-0.2, -0.15) is 13.2 Å². The number of rotatable bonds is 8. The second-order valence-corrected chi connectivity index (χ2v) is 8.03. The number of benzene rings is 1. The van der Waals surface area contributed by atoms with Crippen molar-refractivity contribution < 1.29 is 37.0 Å². The molecule has 0 aliphatic carbocycles. The maximum atomic E-state index is 12.6. The van der Waals surface area contributed by atoms with Crippen LogP contribution in [0.15, 0.2) is 18.2 Å². The van der Waals surface area contributed by atoms with E-state index < -0.39 is 34.9 Å². The van der Waals surface area contributed by atoms with Crippen molar-refractivity contribution in [2.45, 2.75) is 44.3 Å². The van der Waals surface area contributed by atoms with Crippen molar-refractivity contribution in [3.63, 3.8) is 0 Å². The Hall–Kier alpha value is -2.30. The highest BCUT2D eigenvalue weighted by molar-refractivity contribution is 8.00. The number of thioether (sulfide) groups is 1. The highest BCUT2D eigenvalue weighted by Crippen LogP contribution is 2.31. The van der Waals surface area contributed by atoms with Crippen LogP contribution in [0, 0.1) is 0 Å². The van der Waals surface area contributed by atoms with Gasteiger partial charge in [0.1, 0.15) is 23.1 Å². The molecular weight excluding hydrogens is 413 g/mol. The van der Waals surface area contributed by atoms with Gasteiger partial charge in [-0.1, -0.05) is 11.8 Å². The molecule has 2 amide bonds. The predicted octanol–water partition coefficient (Wildman–Crippen LogP) is 4.18. The minimum absolute atomic E-state index is 0.254. The van der Waals surface area contributed by atoms with Gasteiger partial charge in [0.25, 0.3) is 0 Å². The van der Waals surface area contributed by atoms with E-state index in [0.717, 1.165) is 0 Å². The molecule has 1 unspecified atom stereocenters. The lowest BCUT2D eigenvalue weighted by Crippen LogP contribution is -2.46. The molecule has 11 heteroatoms. The first-order chi connectivity index (χ1) is 13.3. The summed E-state index contributed by atoms with van der Waals surface area (Å²) in [6.07, 6.45) is -1.16. The zero-order valence-electron chi connectivity index (χ0n) is 16.8. The summed E-state index contributed by atoms with van der Waals surface area (Å²) in [6, 6.07) is 3.37. The molecule has 0 saturated carbocycles. The number of methoxy groups -OCH3 is 2. The molecule has 0 saturated heterocycles. The quantitative estimate of drug-likeness (QED) is 0.633. The number of nitrogens with one attached hydrogen (secondary N) is 2. The van der Waals surface area contributed by atoms with Crippen molar-refractivity contribution in [2.24, 2.45) is 0 Å². The van der Waals surface area contributed by atoms with Crippen LogP contribution in [0.4, 0.5) is 23.7 Å². The molecule has 0 radical (unpaired) electrons. The van der Waals surface area contributed by atoms with E-state index in [4.69, 9.17) is 14.2 Å². The first-order valence-corrected chi connectivity index (χ1v) is 9.55. The molecule has 2 N–H and O–H groups in total. The lowest BCUT2D eigenvalue weighted by atomic mass is 10.2. The smallest absolute Gasteiger partial charge is 0.441 e. The SMILES string of the molecule is COc1cc(NC(=O)C(CCSC(F)(F)F)NC(=O)OC(C)(C)C)cc(OC)c1. The number of halogens is 3. The monoisotopic (exact) mass is 438 g/mol. The Kier molecular flexibility index (Phi) is 8.93. The van der Waals surface area contributed by atoms with Gasteiger partial charge in [0.05, 0.1) is 14.2 Å². The van der Waals surface area contributed by atoms with E-state index in [0.29, 0.717) is 17.2 Å².